The van der Waals surface area contributed by atoms with Gasteiger partial charge in [0.2, 0.25) is 5.91 Å². The highest BCUT2D eigenvalue weighted by atomic mass is 16.4. The molecule has 25 heavy (non-hydrogen) atoms. The van der Waals surface area contributed by atoms with E-state index in [0.29, 0.717) is 44.6 Å². The van der Waals surface area contributed by atoms with E-state index in [1.807, 2.05) is 0 Å². The number of benzene rings is 1. The number of H-pyrrole nitrogens is 1. The Kier molecular flexibility index (Phi) is 3.48. The molecule has 4 rings (SSSR count). The van der Waals surface area contributed by atoms with E-state index in [9.17, 15) is 19.5 Å². The van der Waals surface area contributed by atoms with Gasteiger partial charge in [-0.05, 0) is 31.0 Å². The molecule has 2 amide bonds. The van der Waals surface area contributed by atoms with Crippen LogP contribution in [-0.2, 0) is 9.59 Å². The number of rotatable bonds is 3. The van der Waals surface area contributed by atoms with Gasteiger partial charge in [0.15, 0.2) is 0 Å². The fraction of sp³-hybridized carbons (Fsp3) is 0.412. The van der Waals surface area contributed by atoms with Gasteiger partial charge in [-0.25, -0.2) is 4.98 Å². The maximum atomic E-state index is 12.7. The largest absolute Gasteiger partial charge is 0.480 e. The Bertz CT molecular complexity index is 862. The van der Waals surface area contributed by atoms with Crippen molar-refractivity contribution in [3.05, 3.63) is 30.1 Å². The number of carbonyl (C=O) groups is 3. The second kappa shape index (κ2) is 5.58. The Hall–Kier alpha value is -2.90. The monoisotopic (exact) mass is 342 g/mol. The first-order valence-corrected chi connectivity index (χ1v) is 8.26. The molecule has 1 aliphatic carbocycles. The average Bonchev–Trinajstić information content (AvgIpc) is 3.32. The summed E-state index contributed by atoms with van der Waals surface area (Å²) >= 11 is 0. The molecule has 1 aromatic carbocycles. The van der Waals surface area contributed by atoms with Crippen molar-refractivity contribution in [3.63, 3.8) is 0 Å². The van der Waals surface area contributed by atoms with Crippen molar-refractivity contribution in [1.29, 1.82) is 0 Å². The lowest BCUT2D eigenvalue weighted by Gasteiger charge is -2.36. The summed E-state index contributed by atoms with van der Waals surface area (Å²) in [5.74, 6) is -1.45. The molecule has 1 aromatic heterocycles. The molecule has 0 atom stereocenters. The van der Waals surface area contributed by atoms with Gasteiger partial charge in [0, 0.05) is 31.7 Å². The Balaban J connectivity index is 1.42. The third kappa shape index (κ3) is 2.54. The van der Waals surface area contributed by atoms with E-state index >= 15 is 0 Å². The normalized spacial score (nSPS) is 19.0. The minimum absolute atomic E-state index is 0.0945. The van der Waals surface area contributed by atoms with Gasteiger partial charge >= 0.3 is 5.97 Å². The molecule has 8 nitrogen and oxygen atoms in total. The molecule has 2 aliphatic rings. The molecule has 130 valence electrons. The Morgan fingerprint density at radius 3 is 2.40 bits per heavy atom. The number of aromatic amines is 1. The van der Waals surface area contributed by atoms with Crippen LogP contribution in [0.15, 0.2) is 24.5 Å². The number of carboxylic acid groups (broad SMARTS) is 1. The van der Waals surface area contributed by atoms with E-state index in [2.05, 4.69) is 9.97 Å². The van der Waals surface area contributed by atoms with E-state index in [4.69, 9.17) is 0 Å². The zero-order valence-electron chi connectivity index (χ0n) is 13.6. The van der Waals surface area contributed by atoms with E-state index in [0.717, 1.165) is 11.0 Å². The van der Waals surface area contributed by atoms with Crippen molar-refractivity contribution in [2.75, 3.05) is 26.2 Å². The number of fused-ring (bicyclic) bond motifs is 1. The lowest BCUT2D eigenvalue weighted by molar-refractivity contribution is -0.154. The molecule has 2 N–H and O–H groups in total. The first-order valence-electron chi connectivity index (χ1n) is 8.26. The van der Waals surface area contributed by atoms with Crippen molar-refractivity contribution in [1.82, 2.24) is 19.8 Å². The van der Waals surface area contributed by atoms with Crippen LogP contribution in [0.4, 0.5) is 0 Å². The predicted octanol–water partition coefficient (Wildman–Crippen LogP) is 0.712. The summed E-state index contributed by atoms with van der Waals surface area (Å²) in [5, 5.41) is 9.24. The zero-order chi connectivity index (χ0) is 17.6. The van der Waals surface area contributed by atoms with Gasteiger partial charge in [-0.15, -0.1) is 0 Å². The third-order valence-corrected chi connectivity index (χ3v) is 5.09. The molecule has 1 saturated carbocycles. The molecule has 0 bridgehead atoms. The predicted molar refractivity (Wildman–Crippen MR) is 87.9 cm³/mol. The second-order valence-electron chi connectivity index (χ2n) is 6.61. The van der Waals surface area contributed by atoms with Crippen LogP contribution in [0.5, 0.6) is 0 Å². The topological polar surface area (TPSA) is 107 Å². The van der Waals surface area contributed by atoms with Gasteiger partial charge in [0.25, 0.3) is 5.91 Å². The third-order valence-electron chi connectivity index (χ3n) is 5.09. The number of carbonyl (C=O) groups excluding carboxylic acids is 2. The van der Waals surface area contributed by atoms with Gasteiger partial charge in [-0.3, -0.25) is 14.4 Å². The zero-order valence-corrected chi connectivity index (χ0v) is 13.6. The summed E-state index contributed by atoms with van der Waals surface area (Å²) in [6.07, 6.45) is 2.40. The maximum absolute atomic E-state index is 12.7. The minimum atomic E-state index is -1.21. The number of amides is 2. The van der Waals surface area contributed by atoms with Gasteiger partial charge in [0.05, 0.1) is 17.4 Å². The fourth-order valence-electron chi connectivity index (χ4n) is 3.31. The van der Waals surface area contributed by atoms with Gasteiger partial charge < -0.3 is 19.9 Å². The van der Waals surface area contributed by atoms with E-state index in [1.165, 1.54) is 0 Å². The highest BCUT2D eigenvalue weighted by Gasteiger charge is 2.58. The maximum Gasteiger partial charge on any atom is 0.319 e. The summed E-state index contributed by atoms with van der Waals surface area (Å²) in [7, 11) is 0. The van der Waals surface area contributed by atoms with E-state index in [1.54, 1.807) is 34.3 Å². The lowest BCUT2D eigenvalue weighted by atomic mass is 10.1. The van der Waals surface area contributed by atoms with Crippen LogP contribution < -0.4 is 0 Å². The van der Waals surface area contributed by atoms with Crippen molar-refractivity contribution in [3.8, 4) is 0 Å². The Morgan fingerprint density at radius 1 is 1.08 bits per heavy atom. The number of nitrogens with one attached hydrogen (secondary N) is 1. The lowest BCUT2D eigenvalue weighted by Crippen LogP contribution is -2.53. The number of aliphatic carboxylic acids is 1. The summed E-state index contributed by atoms with van der Waals surface area (Å²) in [5.41, 5.74) is 0.963. The van der Waals surface area contributed by atoms with E-state index < -0.39 is 11.4 Å². The molecule has 0 radical (unpaired) electrons. The molecule has 1 saturated heterocycles. The molecule has 2 aromatic rings. The summed E-state index contributed by atoms with van der Waals surface area (Å²) < 4.78 is 0. The summed E-state index contributed by atoms with van der Waals surface area (Å²) in [6, 6.07) is 5.31. The standard InChI is InChI=1S/C17H18N4O4/c22-14(11-1-2-12-13(9-11)19-10-18-12)20-5-7-21(8-6-20)15(23)17(3-4-17)16(24)25/h1-2,9-10H,3-8H2,(H,18,19)(H,24,25). The number of nitrogens with zero attached hydrogens (tertiary/aromatic N) is 3. The van der Waals surface area contributed by atoms with Crippen LogP contribution in [0.2, 0.25) is 0 Å². The average molecular weight is 342 g/mol. The van der Waals surface area contributed by atoms with Crippen molar-refractivity contribution in [2.24, 2.45) is 5.41 Å². The highest BCUT2D eigenvalue weighted by molar-refractivity contribution is 6.05. The summed E-state index contributed by atoms with van der Waals surface area (Å²) in [4.78, 5) is 46.7. The molecular weight excluding hydrogens is 324 g/mol. The van der Waals surface area contributed by atoms with Gasteiger partial charge in [0.1, 0.15) is 5.41 Å². The van der Waals surface area contributed by atoms with Gasteiger partial charge in [-0.2, -0.15) is 0 Å². The number of piperazine rings is 1. The van der Waals surface area contributed by atoms with Crippen molar-refractivity contribution in [2.45, 2.75) is 12.8 Å². The molecule has 1 aliphatic heterocycles. The molecule has 0 unspecified atom stereocenters. The van der Waals surface area contributed by atoms with Crippen LogP contribution in [0.25, 0.3) is 11.0 Å². The van der Waals surface area contributed by atoms with Crippen LogP contribution in [0.1, 0.15) is 23.2 Å². The Labute approximate surface area is 143 Å². The fourth-order valence-corrected chi connectivity index (χ4v) is 3.31. The summed E-state index contributed by atoms with van der Waals surface area (Å²) in [6.45, 7) is 1.54. The van der Waals surface area contributed by atoms with Crippen LogP contribution in [0.3, 0.4) is 0 Å². The second-order valence-corrected chi connectivity index (χ2v) is 6.61. The number of imidazole rings is 1. The Morgan fingerprint density at radius 2 is 1.76 bits per heavy atom. The number of carboxylic acids is 1. The van der Waals surface area contributed by atoms with Crippen molar-refractivity contribution < 1.29 is 19.5 Å². The first kappa shape index (κ1) is 15.6. The molecular formula is C17H18N4O4. The SMILES string of the molecule is O=C(c1ccc2nc[nH]c2c1)N1CCN(C(=O)C2(C(=O)O)CC2)CC1. The van der Waals surface area contributed by atoms with Crippen LogP contribution >= 0.6 is 0 Å². The van der Waals surface area contributed by atoms with E-state index in [-0.39, 0.29) is 11.8 Å². The smallest absolute Gasteiger partial charge is 0.319 e. The highest BCUT2D eigenvalue weighted by Crippen LogP contribution is 2.47. The minimum Gasteiger partial charge on any atom is -0.480 e. The number of hydrogen-bond acceptors (Lipinski definition) is 4. The quantitative estimate of drug-likeness (QED) is 0.799. The molecule has 8 heteroatoms. The molecule has 0 spiro atoms. The first-order chi connectivity index (χ1) is 12.0. The van der Waals surface area contributed by atoms with Crippen LogP contribution in [0, 0.1) is 5.41 Å². The molecule has 2 heterocycles. The van der Waals surface area contributed by atoms with Gasteiger partial charge in [-0.1, -0.05) is 0 Å². The molecule has 2 fully saturated rings. The number of hydrogen-bond donors (Lipinski definition) is 2. The van der Waals surface area contributed by atoms with Crippen molar-refractivity contribution >= 4 is 28.8 Å². The number of aromatic nitrogens is 2. The van der Waals surface area contributed by atoms with Crippen LogP contribution in [-0.4, -0.2) is 68.8 Å².